The van der Waals surface area contributed by atoms with E-state index in [1.807, 2.05) is 4.90 Å². The van der Waals surface area contributed by atoms with Crippen LogP contribution in [0.25, 0.3) is 0 Å². The molecular formula is C14H24N4O4S3. The fourth-order valence-electron chi connectivity index (χ4n) is 2.50. The summed E-state index contributed by atoms with van der Waals surface area (Å²) < 4.78 is 50.2. The van der Waals surface area contributed by atoms with Gasteiger partial charge in [0.1, 0.15) is 4.21 Å². The first-order valence-corrected chi connectivity index (χ1v) is 11.8. The molecule has 0 aliphatic carbocycles. The topological polar surface area (TPSA) is 108 Å². The minimum Gasteiger partial charge on any atom is -0.355 e. The van der Waals surface area contributed by atoms with Crippen LogP contribution in [0, 0.1) is 0 Å². The molecule has 0 spiro atoms. The van der Waals surface area contributed by atoms with E-state index < -0.39 is 24.6 Å². The van der Waals surface area contributed by atoms with Gasteiger partial charge in [0.05, 0.1) is 10.5 Å². The number of rotatable bonds is 5. The van der Waals surface area contributed by atoms with Gasteiger partial charge in [-0.25, -0.2) is 21.6 Å². The van der Waals surface area contributed by atoms with E-state index in [-0.39, 0.29) is 16.5 Å². The average Bonchev–Trinajstić information content (AvgIpc) is 3.06. The number of nitrogens with one attached hydrogen (secondary N) is 2. The highest BCUT2D eigenvalue weighted by Crippen LogP contribution is 2.23. The molecule has 1 aliphatic heterocycles. The maximum atomic E-state index is 12.1. The summed E-state index contributed by atoms with van der Waals surface area (Å²) in [5, 5.41) is 4.79. The maximum absolute atomic E-state index is 12.1. The lowest BCUT2D eigenvalue weighted by atomic mass is 10.2. The molecule has 142 valence electrons. The molecule has 1 aliphatic rings. The maximum Gasteiger partial charge on any atom is 0.250 e. The molecule has 0 atom stereocenters. The number of aliphatic imine (C=N–C) groups is 1. The third-order valence-corrected chi connectivity index (χ3v) is 9.41. The quantitative estimate of drug-likeness (QED) is 0.407. The second-order valence-electron chi connectivity index (χ2n) is 6.30. The molecule has 1 aromatic rings. The zero-order valence-electron chi connectivity index (χ0n) is 14.5. The Morgan fingerprint density at radius 3 is 2.68 bits per heavy atom. The highest BCUT2D eigenvalue weighted by atomic mass is 32.2. The van der Waals surface area contributed by atoms with E-state index in [0.29, 0.717) is 25.6 Å². The summed E-state index contributed by atoms with van der Waals surface area (Å²) in [6.45, 7) is 4.67. The van der Waals surface area contributed by atoms with Crippen LogP contribution in [0.15, 0.2) is 26.7 Å². The molecule has 11 heteroatoms. The molecule has 0 aromatic carbocycles. The van der Waals surface area contributed by atoms with Gasteiger partial charge in [-0.3, -0.25) is 4.99 Å². The lowest BCUT2D eigenvalue weighted by Crippen LogP contribution is -2.57. The van der Waals surface area contributed by atoms with Gasteiger partial charge in [-0.15, -0.1) is 11.3 Å². The molecule has 25 heavy (non-hydrogen) atoms. The van der Waals surface area contributed by atoms with E-state index in [2.05, 4.69) is 15.0 Å². The highest BCUT2D eigenvalue weighted by Gasteiger charge is 2.40. The minimum absolute atomic E-state index is 0.0751. The molecule has 2 rings (SSSR count). The zero-order chi connectivity index (χ0) is 18.7. The molecule has 1 aromatic heterocycles. The van der Waals surface area contributed by atoms with E-state index in [1.165, 1.54) is 0 Å². The molecule has 0 bridgehead atoms. The normalized spacial score (nSPS) is 20.4. The molecule has 0 radical (unpaired) electrons. The van der Waals surface area contributed by atoms with Crippen LogP contribution in [0.4, 0.5) is 0 Å². The summed E-state index contributed by atoms with van der Waals surface area (Å²) in [5.74, 6) is 0.643. The highest BCUT2D eigenvalue weighted by molar-refractivity contribution is 7.92. The second kappa shape index (κ2) is 7.60. The molecular weight excluding hydrogens is 384 g/mol. The van der Waals surface area contributed by atoms with Gasteiger partial charge in [0, 0.05) is 33.2 Å². The number of hydrogen-bond acceptors (Lipinski definition) is 6. The van der Waals surface area contributed by atoms with Crippen LogP contribution in [-0.4, -0.2) is 71.4 Å². The Bertz CT molecular complexity index is 814. The van der Waals surface area contributed by atoms with Crippen LogP contribution in [0.1, 0.15) is 13.8 Å². The minimum atomic E-state index is -3.48. The molecule has 1 saturated heterocycles. The largest absolute Gasteiger partial charge is 0.355 e. The van der Waals surface area contributed by atoms with Crippen molar-refractivity contribution in [3.05, 3.63) is 17.5 Å². The Labute approximate surface area is 153 Å². The lowest BCUT2D eigenvalue weighted by molar-refractivity contribution is 0.353. The van der Waals surface area contributed by atoms with E-state index in [1.54, 1.807) is 38.4 Å². The van der Waals surface area contributed by atoms with Gasteiger partial charge in [-0.2, -0.15) is 0 Å². The van der Waals surface area contributed by atoms with Crippen LogP contribution < -0.4 is 10.0 Å². The predicted molar refractivity (Wildman–Crippen MR) is 100 cm³/mol. The van der Waals surface area contributed by atoms with Crippen LogP contribution >= 0.6 is 11.3 Å². The van der Waals surface area contributed by atoms with Crippen molar-refractivity contribution in [2.24, 2.45) is 4.99 Å². The van der Waals surface area contributed by atoms with E-state index >= 15 is 0 Å². The third kappa shape index (κ3) is 4.72. The molecule has 0 amide bonds. The standard InChI is InChI=1S/C14H24N4O4S3/c1-14(2)11-18(8-10-24(14,19)20)13(15-3)16-6-7-17-25(21,22)12-5-4-9-23-12/h4-5,9,17H,6-8,10-11H2,1-3H3,(H,15,16). The summed E-state index contributed by atoms with van der Waals surface area (Å²) in [6, 6.07) is 3.24. The Morgan fingerprint density at radius 1 is 1.40 bits per heavy atom. The van der Waals surface area contributed by atoms with Crippen LogP contribution in [0.2, 0.25) is 0 Å². The molecule has 2 heterocycles. The Morgan fingerprint density at radius 2 is 2.12 bits per heavy atom. The molecule has 0 unspecified atom stereocenters. The summed E-state index contributed by atoms with van der Waals surface area (Å²) >= 11 is 1.16. The number of hydrogen-bond donors (Lipinski definition) is 2. The Balaban J connectivity index is 1.88. The van der Waals surface area contributed by atoms with Crippen molar-refractivity contribution >= 4 is 37.2 Å². The Kier molecular flexibility index (Phi) is 6.13. The molecule has 2 N–H and O–H groups in total. The van der Waals surface area contributed by atoms with Gasteiger partial charge in [-0.1, -0.05) is 6.07 Å². The van der Waals surface area contributed by atoms with Gasteiger partial charge in [0.15, 0.2) is 15.8 Å². The van der Waals surface area contributed by atoms with Crippen LogP contribution in [0.3, 0.4) is 0 Å². The average molecular weight is 409 g/mol. The van der Waals surface area contributed by atoms with Crippen molar-refractivity contribution in [2.45, 2.75) is 22.8 Å². The van der Waals surface area contributed by atoms with Crippen molar-refractivity contribution in [1.82, 2.24) is 14.9 Å². The summed E-state index contributed by atoms with van der Waals surface area (Å²) in [5.41, 5.74) is 0. The monoisotopic (exact) mass is 408 g/mol. The number of sulfonamides is 1. The summed E-state index contributed by atoms with van der Waals surface area (Å²) in [4.78, 5) is 6.05. The van der Waals surface area contributed by atoms with Crippen molar-refractivity contribution in [3.8, 4) is 0 Å². The summed E-state index contributed by atoms with van der Waals surface area (Å²) in [7, 11) is -4.99. The smallest absolute Gasteiger partial charge is 0.250 e. The molecule has 0 saturated carbocycles. The van der Waals surface area contributed by atoms with Gasteiger partial charge in [0.25, 0.3) is 0 Å². The van der Waals surface area contributed by atoms with Crippen molar-refractivity contribution in [3.63, 3.8) is 0 Å². The van der Waals surface area contributed by atoms with E-state index in [0.717, 1.165) is 11.3 Å². The van der Waals surface area contributed by atoms with Crippen molar-refractivity contribution in [1.29, 1.82) is 0 Å². The van der Waals surface area contributed by atoms with Gasteiger partial charge in [-0.05, 0) is 25.3 Å². The second-order valence-corrected chi connectivity index (χ2v) is 12.0. The van der Waals surface area contributed by atoms with Crippen molar-refractivity contribution < 1.29 is 16.8 Å². The number of thiophene rings is 1. The number of nitrogens with zero attached hydrogens (tertiary/aromatic N) is 2. The van der Waals surface area contributed by atoms with Gasteiger partial charge < -0.3 is 10.2 Å². The number of sulfone groups is 1. The lowest BCUT2D eigenvalue weighted by Gasteiger charge is -2.39. The first kappa shape index (κ1) is 20.1. The van der Waals surface area contributed by atoms with E-state index in [4.69, 9.17) is 0 Å². The third-order valence-electron chi connectivity index (χ3n) is 4.01. The molecule has 8 nitrogen and oxygen atoms in total. The van der Waals surface area contributed by atoms with Gasteiger partial charge in [0.2, 0.25) is 10.0 Å². The fraction of sp³-hybridized carbons (Fsp3) is 0.643. The SMILES string of the molecule is CN=C(NCCNS(=O)(=O)c1cccs1)N1CCS(=O)(=O)C(C)(C)C1. The van der Waals surface area contributed by atoms with Crippen molar-refractivity contribution in [2.75, 3.05) is 39.0 Å². The Hall–Kier alpha value is -1.17. The van der Waals surface area contributed by atoms with Gasteiger partial charge >= 0.3 is 0 Å². The van der Waals surface area contributed by atoms with Crippen LogP contribution in [0.5, 0.6) is 0 Å². The zero-order valence-corrected chi connectivity index (χ0v) is 17.0. The first-order chi connectivity index (χ1) is 11.6. The van der Waals surface area contributed by atoms with E-state index in [9.17, 15) is 16.8 Å². The van der Waals surface area contributed by atoms with Crippen LogP contribution in [-0.2, 0) is 19.9 Å². The molecule has 1 fully saturated rings. The first-order valence-electron chi connectivity index (χ1n) is 7.80. The fourth-order valence-corrected chi connectivity index (χ4v) is 5.94. The number of guanidine groups is 1. The predicted octanol–water partition coefficient (Wildman–Crippen LogP) is 0.111. The summed E-state index contributed by atoms with van der Waals surface area (Å²) in [6.07, 6.45) is 0.